The molecular formula is C5H7INS+. The highest BCUT2D eigenvalue weighted by Gasteiger charge is 2.02. The molecule has 0 fully saturated rings. The van der Waals surface area contributed by atoms with Gasteiger partial charge >= 0.3 is 0 Å². The fourth-order valence-corrected chi connectivity index (χ4v) is 2.33. The first-order chi connectivity index (χ1) is 3.84. The van der Waals surface area contributed by atoms with Crippen LogP contribution >= 0.6 is 33.9 Å². The van der Waals surface area contributed by atoms with Gasteiger partial charge in [0.05, 0.1) is 5.38 Å². The molecule has 0 aromatic carbocycles. The first-order valence-electron chi connectivity index (χ1n) is 2.45. The van der Waals surface area contributed by atoms with Crippen molar-refractivity contribution in [2.45, 2.75) is 13.5 Å². The predicted octanol–water partition coefficient (Wildman–Crippen LogP) is 1.66. The van der Waals surface area contributed by atoms with Crippen LogP contribution in [0.2, 0.25) is 0 Å². The van der Waals surface area contributed by atoms with Crippen LogP contribution in [0.1, 0.15) is 6.92 Å². The van der Waals surface area contributed by atoms with E-state index in [4.69, 9.17) is 0 Å². The van der Waals surface area contributed by atoms with Crippen LogP contribution in [0.4, 0.5) is 0 Å². The van der Waals surface area contributed by atoms with Crippen molar-refractivity contribution in [3.8, 4) is 0 Å². The van der Waals surface area contributed by atoms with Gasteiger partial charge in [-0.1, -0.05) is 11.3 Å². The van der Waals surface area contributed by atoms with Gasteiger partial charge in [0, 0.05) is 22.6 Å². The summed E-state index contributed by atoms with van der Waals surface area (Å²) in [5.41, 5.74) is 2.13. The van der Waals surface area contributed by atoms with Crippen molar-refractivity contribution in [1.82, 2.24) is 0 Å². The molecule has 3 heteroatoms. The molecule has 0 spiro atoms. The lowest BCUT2D eigenvalue weighted by molar-refractivity contribution is -0.701. The van der Waals surface area contributed by atoms with Crippen LogP contribution in [-0.4, -0.2) is 0 Å². The van der Waals surface area contributed by atoms with Gasteiger partial charge in [0.25, 0.3) is 3.70 Å². The second-order valence-corrected chi connectivity index (χ2v) is 3.29. The fraction of sp³-hybridized carbons (Fsp3) is 0.400. The Hall–Kier alpha value is 0.360. The molecule has 1 heterocycles. The summed E-state index contributed by atoms with van der Waals surface area (Å²) >= 11 is 4.08. The zero-order valence-electron chi connectivity index (χ0n) is 4.60. The van der Waals surface area contributed by atoms with E-state index in [1.54, 1.807) is 11.3 Å². The first kappa shape index (κ1) is 6.48. The van der Waals surface area contributed by atoms with Crippen molar-refractivity contribution >= 4 is 33.9 Å². The number of aromatic nitrogens is 1. The predicted molar refractivity (Wildman–Crippen MR) is 42.9 cm³/mol. The Morgan fingerprint density at radius 2 is 2.62 bits per heavy atom. The highest BCUT2D eigenvalue weighted by Crippen LogP contribution is 2.01. The normalized spacial score (nSPS) is 9.75. The van der Waals surface area contributed by atoms with Gasteiger partial charge in [0.2, 0.25) is 5.51 Å². The van der Waals surface area contributed by atoms with E-state index in [1.807, 2.05) is 0 Å². The number of thiazole rings is 1. The summed E-state index contributed by atoms with van der Waals surface area (Å²) in [6.45, 7) is 3.23. The lowest BCUT2D eigenvalue weighted by atomic mass is 10.7. The molecule has 0 saturated carbocycles. The van der Waals surface area contributed by atoms with E-state index in [-0.39, 0.29) is 0 Å². The molecule has 0 aliphatic rings. The molecule has 0 amide bonds. The van der Waals surface area contributed by atoms with E-state index in [0.29, 0.717) is 0 Å². The minimum atomic E-state index is 1.09. The molecule has 0 saturated heterocycles. The Labute approximate surface area is 66.5 Å². The number of hydrogen-bond acceptors (Lipinski definition) is 1. The SMILES string of the molecule is CC[n+]1cscc1I. The van der Waals surface area contributed by atoms with Crippen LogP contribution in [0, 0.1) is 3.70 Å². The third-order valence-corrected chi connectivity index (χ3v) is 3.06. The summed E-state index contributed by atoms with van der Waals surface area (Å²) in [4.78, 5) is 0. The average Bonchev–Trinajstić information content (AvgIpc) is 2.14. The maximum absolute atomic E-state index is 2.33. The molecule has 0 atom stereocenters. The summed E-state index contributed by atoms with van der Waals surface area (Å²) in [5, 5.41) is 2.14. The topological polar surface area (TPSA) is 3.88 Å². The first-order valence-corrected chi connectivity index (χ1v) is 4.48. The monoisotopic (exact) mass is 240 g/mol. The van der Waals surface area contributed by atoms with Gasteiger partial charge in [-0.2, -0.15) is 4.57 Å². The van der Waals surface area contributed by atoms with Crippen molar-refractivity contribution in [3.05, 3.63) is 14.6 Å². The van der Waals surface area contributed by atoms with Crippen LogP contribution in [0.15, 0.2) is 10.9 Å². The Morgan fingerprint density at radius 3 is 2.88 bits per heavy atom. The average molecular weight is 240 g/mol. The van der Waals surface area contributed by atoms with Gasteiger partial charge in [0.1, 0.15) is 6.54 Å². The van der Waals surface area contributed by atoms with Crippen LogP contribution in [0.5, 0.6) is 0 Å². The quantitative estimate of drug-likeness (QED) is 0.519. The van der Waals surface area contributed by atoms with Crippen molar-refractivity contribution in [1.29, 1.82) is 0 Å². The van der Waals surface area contributed by atoms with Gasteiger partial charge < -0.3 is 0 Å². The minimum absolute atomic E-state index is 1.09. The minimum Gasteiger partial charge on any atom is -0.184 e. The van der Waals surface area contributed by atoms with Crippen LogP contribution in [0.3, 0.4) is 0 Å². The number of halogens is 1. The second-order valence-electron chi connectivity index (χ2n) is 1.47. The molecule has 1 nitrogen and oxygen atoms in total. The Kier molecular flexibility index (Phi) is 2.25. The summed E-state index contributed by atoms with van der Waals surface area (Å²) in [6.07, 6.45) is 0. The molecule has 0 N–H and O–H groups in total. The highest BCUT2D eigenvalue weighted by molar-refractivity contribution is 14.1. The van der Waals surface area contributed by atoms with E-state index in [1.165, 1.54) is 3.70 Å². The zero-order valence-corrected chi connectivity index (χ0v) is 7.57. The smallest absolute Gasteiger partial charge is 0.184 e. The van der Waals surface area contributed by atoms with E-state index < -0.39 is 0 Å². The van der Waals surface area contributed by atoms with Gasteiger partial charge in [-0.25, -0.2) is 0 Å². The molecule has 1 aromatic heterocycles. The molecule has 0 aliphatic heterocycles. The molecule has 8 heavy (non-hydrogen) atoms. The second kappa shape index (κ2) is 2.77. The fourth-order valence-electron chi connectivity index (χ4n) is 0.504. The van der Waals surface area contributed by atoms with Gasteiger partial charge in [-0.15, -0.1) is 0 Å². The zero-order chi connectivity index (χ0) is 5.98. The van der Waals surface area contributed by atoms with Crippen LogP contribution < -0.4 is 4.57 Å². The molecule has 1 aromatic rings. The Morgan fingerprint density at radius 1 is 1.88 bits per heavy atom. The molecule has 0 unspecified atom stereocenters. The highest BCUT2D eigenvalue weighted by atomic mass is 127. The molecule has 0 bridgehead atoms. The Bertz CT molecular complexity index is 173. The van der Waals surface area contributed by atoms with E-state index in [0.717, 1.165) is 6.54 Å². The standard InChI is InChI=1S/C5H7INS/c1-2-7-4-8-3-5(7)6/h3-4H,2H2,1H3/q+1. The molecular weight excluding hydrogens is 233 g/mol. The largest absolute Gasteiger partial charge is 0.251 e. The van der Waals surface area contributed by atoms with E-state index in [2.05, 4.69) is 45.0 Å². The third kappa shape index (κ3) is 1.20. The van der Waals surface area contributed by atoms with Gasteiger partial charge in [-0.3, -0.25) is 0 Å². The summed E-state index contributed by atoms with van der Waals surface area (Å²) in [5.74, 6) is 0. The van der Waals surface area contributed by atoms with Crippen LogP contribution in [-0.2, 0) is 6.54 Å². The van der Waals surface area contributed by atoms with Gasteiger partial charge in [-0.05, 0) is 6.92 Å². The molecule has 0 aliphatic carbocycles. The van der Waals surface area contributed by atoms with E-state index >= 15 is 0 Å². The van der Waals surface area contributed by atoms with Crippen molar-refractivity contribution in [2.24, 2.45) is 0 Å². The summed E-state index contributed by atoms with van der Waals surface area (Å²) in [7, 11) is 0. The summed E-state index contributed by atoms with van der Waals surface area (Å²) in [6, 6.07) is 0. The number of aryl methyl sites for hydroxylation is 1. The summed E-state index contributed by atoms with van der Waals surface area (Å²) < 4.78 is 3.54. The van der Waals surface area contributed by atoms with Crippen molar-refractivity contribution in [2.75, 3.05) is 0 Å². The maximum atomic E-state index is 2.33. The van der Waals surface area contributed by atoms with Crippen molar-refractivity contribution < 1.29 is 4.57 Å². The Balaban J connectivity index is 2.92. The lowest BCUT2D eigenvalue weighted by Crippen LogP contribution is -2.32. The van der Waals surface area contributed by atoms with Gasteiger partial charge in [0.15, 0.2) is 0 Å². The molecule has 44 valence electrons. The van der Waals surface area contributed by atoms with E-state index in [9.17, 15) is 0 Å². The third-order valence-electron chi connectivity index (χ3n) is 0.968. The van der Waals surface area contributed by atoms with Crippen LogP contribution in [0.25, 0.3) is 0 Å². The maximum Gasteiger partial charge on any atom is 0.251 e. The number of hydrogen-bond donors (Lipinski definition) is 0. The molecule has 0 radical (unpaired) electrons. The molecule has 1 rings (SSSR count). The van der Waals surface area contributed by atoms with Crippen molar-refractivity contribution in [3.63, 3.8) is 0 Å². The number of rotatable bonds is 1. The lowest BCUT2D eigenvalue weighted by Gasteiger charge is -1.81. The number of nitrogens with zero attached hydrogens (tertiary/aromatic N) is 1.